The van der Waals surface area contributed by atoms with Crippen molar-refractivity contribution in [2.75, 3.05) is 33.7 Å². The van der Waals surface area contributed by atoms with Gasteiger partial charge in [-0.3, -0.25) is 4.79 Å². The van der Waals surface area contributed by atoms with Crippen molar-refractivity contribution < 1.29 is 9.28 Å². The molecule has 178 valence electrons. The molecule has 1 N–H and O–H groups in total. The van der Waals surface area contributed by atoms with Gasteiger partial charge in [0.05, 0.1) is 27.2 Å². The van der Waals surface area contributed by atoms with Gasteiger partial charge in [-0.05, 0) is 18.9 Å². The van der Waals surface area contributed by atoms with Crippen LogP contribution in [0.25, 0.3) is 0 Å². The second kappa shape index (κ2) is 21.4. The molecule has 0 saturated heterocycles. The Morgan fingerprint density at radius 2 is 1.03 bits per heavy atom. The third-order valence-corrected chi connectivity index (χ3v) is 6.29. The Balaban J connectivity index is 3.28. The molecule has 0 heterocycles. The number of unbranched alkanes of at least 4 members (excludes halogenated alkanes) is 16. The molecule has 0 aromatic heterocycles. The lowest BCUT2D eigenvalue weighted by molar-refractivity contribution is -0.890. The van der Waals surface area contributed by atoms with Crippen LogP contribution in [0.1, 0.15) is 122 Å². The number of hydrogen-bond donors (Lipinski definition) is 1. The Hall–Kier alpha value is -0.830. The van der Waals surface area contributed by atoms with E-state index < -0.39 is 0 Å². The highest BCUT2D eigenvalue weighted by Crippen LogP contribution is 2.14. The van der Waals surface area contributed by atoms with Crippen LogP contribution in [0.2, 0.25) is 0 Å². The van der Waals surface area contributed by atoms with E-state index in [9.17, 15) is 4.79 Å². The highest BCUT2D eigenvalue weighted by molar-refractivity contribution is 5.86. The normalized spacial score (nSPS) is 11.6. The van der Waals surface area contributed by atoms with Gasteiger partial charge in [-0.15, -0.1) is 0 Å². The maximum atomic E-state index is 11.1. The average molecular weight is 424 g/mol. The van der Waals surface area contributed by atoms with Crippen LogP contribution in [-0.4, -0.2) is 44.1 Å². The van der Waals surface area contributed by atoms with E-state index in [1.54, 1.807) is 0 Å². The minimum atomic E-state index is -0.0616. The van der Waals surface area contributed by atoms with E-state index in [1.165, 1.54) is 122 Å². The van der Waals surface area contributed by atoms with E-state index in [0.717, 1.165) is 24.0 Å². The largest absolute Gasteiger partial charge is 0.352 e. The molecule has 1 amide bonds. The third-order valence-electron chi connectivity index (χ3n) is 6.29. The maximum absolute atomic E-state index is 11.1. The van der Waals surface area contributed by atoms with Crippen molar-refractivity contribution in [3.05, 3.63) is 12.7 Å². The Labute approximate surface area is 189 Å². The van der Waals surface area contributed by atoms with Crippen molar-refractivity contribution in [3.8, 4) is 0 Å². The maximum Gasteiger partial charge on any atom is 0.243 e. The second-order valence-corrected chi connectivity index (χ2v) is 9.89. The van der Waals surface area contributed by atoms with E-state index in [2.05, 4.69) is 32.9 Å². The van der Waals surface area contributed by atoms with Gasteiger partial charge >= 0.3 is 0 Å². The lowest BCUT2D eigenvalue weighted by Gasteiger charge is -2.30. The van der Waals surface area contributed by atoms with Gasteiger partial charge in [-0.1, -0.05) is 110 Å². The van der Waals surface area contributed by atoms with Crippen LogP contribution in [-0.2, 0) is 4.79 Å². The van der Waals surface area contributed by atoms with Gasteiger partial charge in [-0.25, -0.2) is 0 Å². The van der Waals surface area contributed by atoms with Gasteiger partial charge in [0.15, 0.2) is 0 Å². The fraction of sp³-hybridized carbons (Fsp3) is 0.889. The molecule has 0 saturated carbocycles. The molecule has 0 fully saturated rings. The van der Waals surface area contributed by atoms with Crippen LogP contribution >= 0.6 is 0 Å². The molecule has 0 aliphatic carbocycles. The third kappa shape index (κ3) is 21.9. The molecule has 0 unspecified atom stereocenters. The Morgan fingerprint density at radius 3 is 1.43 bits per heavy atom. The number of carbonyl (C=O) groups is 1. The molecular formula is C27H55N2O+. The smallest absolute Gasteiger partial charge is 0.243 e. The summed E-state index contributed by atoms with van der Waals surface area (Å²) in [6, 6.07) is 0. The predicted molar refractivity (Wildman–Crippen MR) is 134 cm³/mol. The van der Waals surface area contributed by atoms with Gasteiger partial charge in [-0.2, -0.15) is 0 Å². The summed E-state index contributed by atoms with van der Waals surface area (Å²) in [4.78, 5) is 11.1. The van der Waals surface area contributed by atoms with Crippen molar-refractivity contribution in [1.82, 2.24) is 5.32 Å². The topological polar surface area (TPSA) is 29.1 Å². The minimum absolute atomic E-state index is 0.0616. The summed E-state index contributed by atoms with van der Waals surface area (Å²) in [6.07, 6.45) is 26.6. The number of hydrogen-bond acceptors (Lipinski definition) is 1. The van der Waals surface area contributed by atoms with E-state index in [-0.39, 0.29) is 5.91 Å². The molecule has 0 rings (SSSR count). The zero-order valence-electron chi connectivity index (χ0n) is 21.0. The molecule has 0 aliphatic heterocycles. The van der Waals surface area contributed by atoms with Crippen LogP contribution in [0.15, 0.2) is 12.7 Å². The number of amides is 1. The van der Waals surface area contributed by atoms with Crippen LogP contribution in [0.3, 0.4) is 0 Å². The molecule has 0 radical (unpaired) electrons. The van der Waals surface area contributed by atoms with Gasteiger partial charge in [0.2, 0.25) is 5.91 Å². The summed E-state index contributed by atoms with van der Waals surface area (Å²) in [7, 11) is 4.61. The first-order valence-electron chi connectivity index (χ1n) is 13.2. The number of nitrogens with zero attached hydrogens (tertiary/aromatic N) is 1. The van der Waals surface area contributed by atoms with E-state index in [0.29, 0.717) is 0 Å². The lowest BCUT2D eigenvalue weighted by atomic mass is 10.0. The second-order valence-electron chi connectivity index (χ2n) is 9.89. The molecule has 3 heteroatoms. The molecule has 0 atom stereocenters. The molecule has 0 spiro atoms. The Bertz CT molecular complexity index is 392. The van der Waals surface area contributed by atoms with Crippen molar-refractivity contribution in [1.29, 1.82) is 0 Å². The Kier molecular flexibility index (Phi) is 20.8. The highest BCUT2D eigenvalue weighted by atomic mass is 16.1. The average Bonchev–Trinajstić information content (AvgIpc) is 2.73. The van der Waals surface area contributed by atoms with Crippen LogP contribution in [0, 0.1) is 0 Å². The number of quaternary nitrogens is 1. The quantitative estimate of drug-likeness (QED) is 0.103. The summed E-state index contributed by atoms with van der Waals surface area (Å²) in [5.74, 6) is -0.0616. The summed E-state index contributed by atoms with van der Waals surface area (Å²) < 4.78 is 1.06. The monoisotopic (exact) mass is 423 g/mol. The van der Waals surface area contributed by atoms with Crippen molar-refractivity contribution in [2.24, 2.45) is 0 Å². The highest BCUT2D eigenvalue weighted by Gasteiger charge is 2.13. The van der Waals surface area contributed by atoms with E-state index in [4.69, 9.17) is 0 Å². The summed E-state index contributed by atoms with van der Waals surface area (Å²) >= 11 is 0. The SMILES string of the molecule is C=CC(=O)NCCC[N+](C)(C)CCCCCCCCCCCCCCCCCCC. The first kappa shape index (κ1) is 29.2. The van der Waals surface area contributed by atoms with Crippen molar-refractivity contribution in [2.45, 2.75) is 122 Å². The lowest BCUT2D eigenvalue weighted by Crippen LogP contribution is -2.42. The molecule has 30 heavy (non-hydrogen) atoms. The van der Waals surface area contributed by atoms with Crippen molar-refractivity contribution in [3.63, 3.8) is 0 Å². The number of carbonyl (C=O) groups excluding carboxylic acids is 1. The number of nitrogens with one attached hydrogen (secondary N) is 1. The molecule has 0 aromatic carbocycles. The predicted octanol–water partition coefficient (Wildman–Crippen LogP) is 7.41. The fourth-order valence-electron chi connectivity index (χ4n) is 4.17. The van der Waals surface area contributed by atoms with E-state index >= 15 is 0 Å². The Morgan fingerprint density at radius 1 is 0.667 bits per heavy atom. The molecule has 0 aliphatic rings. The standard InChI is InChI=1S/C27H54N2O/c1-5-7-8-9-10-11-12-13-14-15-16-17-18-19-20-21-22-25-29(3,4)26-23-24-28-27(30)6-2/h6H,2,5,7-26H2,1,3-4H3/p+1. The first-order chi connectivity index (χ1) is 14.5. The summed E-state index contributed by atoms with van der Waals surface area (Å²) in [5.41, 5.74) is 0. The first-order valence-corrected chi connectivity index (χ1v) is 13.2. The van der Waals surface area contributed by atoms with Gasteiger partial charge in [0.25, 0.3) is 0 Å². The minimum Gasteiger partial charge on any atom is -0.352 e. The zero-order valence-corrected chi connectivity index (χ0v) is 21.0. The van der Waals surface area contributed by atoms with Crippen molar-refractivity contribution >= 4 is 5.91 Å². The van der Waals surface area contributed by atoms with Gasteiger partial charge < -0.3 is 9.80 Å². The molecule has 3 nitrogen and oxygen atoms in total. The summed E-state index contributed by atoms with van der Waals surface area (Å²) in [6.45, 7) is 8.89. The zero-order chi connectivity index (χ0) is 22.3. The van der Waals surface area contributed by atoms with Crippen LogP contribution in [0.5, 0.6) is 0 Å². The van der Waals surface area contributed by atoms with Gasteiger partial charge in [0.1, 0.15) is 0 Å². The molecule has 0 aromatic rings. The molecule has 0 bridgehead atoms. The van der Waals surface area contributed by atoms with E-state index in [1.807, 2.05) is 0 Å². The van der Waals surface area contributed by atoms with Gasteiger partial charge in [0, 0.05) is 13.0 Å². The van der Waals surface area contributed by atoms with Crippen LogP contribution in [0.4, 0.5) is 0 Å². The fourth-order valence-corrected chi connectivity index (χ4v) is 4.17. The summed E-state index contributed by atoms with van der Waals surface area (Å²) in [5, 5.41) is 2.86. The van der Waals surface area contributed by atoms with Crippen LogP contribution < -0.4 is 5.32 Å². The number of rotatable bonds is 23. The molecular weight excluding hydrogens is 368 g/mol.